The molecule has 0 fully saturated rings. The lowest BCUT2D eigenvalue weighted by atomic mass is 10.1. The Hall–Kier alpha value is -3.80. The summed E-state index contributed by atoms with van der Waals surface area (Å²) in [4.78, 5) is 27.1. The number of carbonyl (C=O) groups excluding carboxylic acids is 2. The van der Waals surface area contributed by atoms with Gasteiger partial charge in [0, 0.05) is 18.3 Å². The molecule has 6 heteroatoms. The number of para-hydroxylation sites is 2. The summed E-state index contributed by atoms with van der Waals surface area (Å²) in [5.74, 6) is 0.866. The van der Waals surface area contributed by atoms with Gasteiger partial charge in [0.1, 0.15) is 6.61 Å². The predicted octanol–water partition coefficient (Wildman–Crippen LogP) is 4.30. The zero-order valence-electron chi connectivity index (χ0n) is 17.4. The molecule has 1 aliphatic rings. The topological polar surface area (TPSA) is 67.9 Å². The fourth-order valence-corrected chi connectivity index (χ4v) is 3.45. The zero-order valence-corrected chi connectivity index (χ0v) is 17.4. The Kier molecular flexibility index (Phi) is 5.89. The maximum absolute atomic E-state index is 13.0. The number of nitrogens with one attached hydrogen (secondary N) is 1. The zero-order chi connectivity index (χ0) is 21.8. The standard InChI is InChI=1S/C25H24N2O4/c1-17(27(2)25(29)23-16-30-21-13-6-7-14-22(21)31-23)19-11-8-12-20(15-19)26-24(28)18-9-4-3-5-10-18/h3-15,17,23H,16H2,1-2H3,(H,26,28). The van der Waals surface area contributed by atoms with Crippen LogP contribution in [0.2, 0.25) is 0 Å². The minimum Gasteiger partial charge on any atom is -0.485 e. The number of hydrogen-bond acceptors (Lipinski definition) is 4. The van der Waals surface area contributed by atoms with E-state index in [9.17, 15) is 9.59 Å². The van der Waals surface area contributed by atoms with E-state index in [1.165, 1.54) is 0 Å². The Bertz CT molecular complexity index is 1080. The third-order valence-electron chi connectivity index (χ3n) is 5.38. The molecule has 6 nitrogen and oxygen atoms in total. The van der Waals surface area contributed by atoms with Gasteiger partial charge in [-0.1, -0.05) is 42.5 Å². The molecule has 4 rings (SSSR count). The van der Waals surface area contributed by atoms with Crippen molar-refractivity contribution in [2.45, 2.75) is 19.1 Å². The Morgan fingerprint density at radius 3 is 2.45 bits per heavy atom. The normalized spacial score (nSPS) is 15.6. The van der Waals surface area contributed by atoms with Crippen LogP contribution >= 0.6 is 0 Å². The second-order valence-electron chi connectivity index (χ2n) is 7.43. The number of ether oxygens (including phenoxy) is 2. The molecular weight excluding hydrogens is 392 g/mol. The van der Waals surface area contributed by atoms with Crippen LogP contribution in [0.15, 0.2) is 78.9 Å². The third-order valence-corrected chi connectivity index (χ3v) is 5.38. The summed E-state index contributed by atoms with van der Waals surface area (Å²) < 4.78 is 11.5. The van der Waals surface area contributed by atoms with Crippen molar-refractivity contribution in [2.75, 3.05) is 19.0 Å². The van der Waals surface area contributed by atoms with Crippen molar-refractivity contribution in [1.82, 2.24) is 4.90 Å². The molecule has 0 spiro atoms. The monoisotopic (exact) mass is 416 g/mol. The van der Waals surface area contributed by atoms with Crippen LogP contribution in [-0.4, -0.2) is 36.5 Å². The van der Waals surface area contributed by atoms with Gasteiger partial charge in [-0.15, -0.1) is 0 Å². The van der Waals surface area contributed by atoms with Crippen molar-refractivity contribution >= 4 is 17.5 Å². The highest BCUT2D eigenvalue weighted by Crippen LogP contribution is 2.32. The fraction of sp³-hybridized carbons (Fsp3) is 0.200. The lowest BCUT2D eigenvalue weighted by molar-refractivity contribution is -0.141. The molecule has 3 aromatic carbocycles. The number of fused-ring (bicyclic) bond motifs is 1. The van der Waals surface area contributed by atoms with E-state index in [2.05, 4.69) is 5.32 Å². The molecule has 1 N–H and O–H groups in total. The van der Waals surface area contributed by atoms with Crippen LogP contribution in [0.3, 0.4) is 0 Å². The van der Waals surface area contributed by atoms with Gasteiger partial charge in [0.25, 0.3) is 11.8 Å². The fourth-order valence-electron chi connectivity index (χ4n) is 3.45. The summed E-state index contributed by atoms with van der Waals surface area (Å²) in [5, 5.41) is 2.91. The molecule has 2 unspecified atom stereocenters. The van der Waals surface area contributed by atoms with E-state index in [4.69, 9.17) is 9.47 Å². The number of carbonyl (C=O) groups is 2. The number of rotatable bonds is 5. The first kappa shape index (κ1) is 20.5. The summed E-state index contributed by atoms with van der Waals surface area (Å²) in [7, 11) is 1.74. The Morgan fingerprint density at radius 1 is 0.968 bits per heavy atom. The SMILES string of the molecule is CC(c1cccc(NC(=O)c2ccccc2)c1)N(C)C(=O)C1COc2ccccc2O1. The van der Waals surface area contributed by atoms with E-state index in [1.54, 1.807) is 30.1 Å². The molecule has 158 valence electrons. The molecule has 2 amide bonds. The van der Waals surface area contributed by atoms with E-state index < -0.39 is 6.10 Å². The minimum atomic E-state index is -0.705. The average Bonchev–Trinajstić information content (AvgIpc) is 2.83. The van der Waals surface area contributed by atoms with E-state index in [0.717, 1.165) is 5.56 Å². The smallest absolute Gasteiger partial charge is 0.267 e. The van der Waals surface area contributed by atoms with Crippen molar-refractivity contribution in [2.24, 2.45) is 0 Å². The number of benzene rings is 3. The van der Waals surface area contributed by atoms with Crippen LogP contribution < -0.4 is 14.8 Å². The van der Waals surface area contributed by atoms with Gasteiger partial charge < -0.3 is 19.7 Å². The lowest BCUT2D eigenvalue weighted by Gasteiger charge is -2.32. The molecule has 31 heavy (non-hydrogen) atoms. The molecule has 0 bridgehead atoms. The number of hydrogen-bond donors (Lipinski definition) is 1. The molecule has 0 saturated carbocycles. The van der Waals surface area contributed by atoms with Crippen LogP contribution in [0.4, 0.5) is 5.69 Å². The largest absolute Gasteiger partial charge is 0.485 e. The molecular formula is C25H24N2O4. The van der Waals surface area contributed by atoms with Gasteiger partial charge >= 0.3 is 0 Å². The predicted molar refractivity (Wildman–Crippen MR) is 118 cm³/mol. The molecule has 3 aromatic rings. The molecule has 0 radical (unpaired) electrons. The van der Waals surface area contributed by atoms with Crippen LogP contribution in [0.5, 0.6) is 11.5 Å². The lowest BCUT2D eigenvalue weighted by Crippen LogP contribution is -2.45. The van der Waals surface area contributed by atoms with Gasteiger partial charge in [-0.05, 0) is 48.9 Å². The van der Waals surface area contributed by atoms with Gasteiger partial charge in [-0.25, -0.2) is 0 Å². The van der Waals surface area contributed by atoms with E-state index in [1.807, 2.05) is 67.6 Å². The van der Waals surface area contributed by atoms with Crippen LogP contribution in [-0.2, 0) is 4.79 Å². The van der Waals surface area contributed by atoms with Crippen LogP contribution in [0.25, 0.3) is 0 Å². The first-order valence-electron chi connectivity index (χ1n) is 10.1. The van der Waals surface area contributed by atoms with Crippen molar-refractivity contribution in [3.8, 4) is 11.5 Å². The third kappa shape index (κ3) is 4.53. The van der Waals surface area contributed by atoms with Crippen molar-refractivity contribution in [3.05, 3.63) is 90.0 Å². The summed E-state index contributed by atoms with van der Waals surface area (Å²) in [6.45, 7) is 2.10. The molecule has 1 heterocycles. The maximum Gasteiger partial charge on any atom is 0.267 e. The minimum absolute atomic E-state index is 0.166. The van der Waals surface area contributed by atoms with Gasteiger partial charge in [0.2, 0.25) is 6.10 Å². The summed E-state index contributed by atoms with van der Waals surface area (Å²) in [5.41, 5.74) is 2.16. The maximum atomic E-state index is 13.0. The van der Waals surface area contributed by atoms with Crippen molar-refractivity contribution < 1.29 is 19.1 Å². The van der Waals surface area contributed by atoms with E-state index >= 15 is 0 Å². The highest BCUT2D eigenvalue weighted by atomic mass is 16.6. The van der Waals surface area contributed by atoms with E-state index in [0.29, 0.717) is 22.7 Å². The second-order valence-corrected chi connectivity index (χ2v) is 7.43. The first-order valence-corrected chi connectivity index (χ1v) is 10.1. The van der Waals surface area contributed by atoms with Gasteiger partial charge in [0.05, 0.1) is 6.04 Å². The van der Waals surface area contributed by atoms with Crippen molar-refractivity contribution in [3.63, 3.8) is 0 Å². The Morgan fingerprint density at radius 2 is 1.68 bits per heavy atom. The Labute approximate surface area is 181 Å². The molecule has 1 aliphatic heterocycles. The summed E-state index contributed by atoms with van der Waals surface area (Å²) in [6, 6.07) is 23.6. The summed E-state index contributed by atoms with van der Waals surface area (Å²) >= 11 is 0. The summed E-state index contributed by atoms with van der Waals surface area (Å²) in [6.07, 6.45) is -0.705. The number of amides is 2. The average molecular weight is 416 g/mol. The number of likely N-dealkylation sites (N-methyl/N-ethyl adjacent to an activating group) is 1. The molecule has 0 aliphatic carbocycles. The molecule has 0 aromatic heterocycles. The molecule has 2 atom stereocenters. The van der Waals surface area contributed by atoms with Crippen LogP contribution in [0, 0.1) is 0 Å². The Balaban J connectivity index is 1.44. The van der Waals surface area contributed by atoms with Crippen molar-refractivity contribution in [1.29, 1.82) is 0 Å². The quantitative estimate of drug-likeness (QED) is 0.673. The van der Waals surface area contributed by atoms with Gasteiger partial charge in [0.15, 0.2) is 11.5 Å². The highest BCUT2D eigenvalue weighted by Gasteiger charge is 2.31. The number of anilines is 1. The number of nitrogens with zero attached hydrogens (tertiary/aromatic N) is 1. The second kappa shape index (κ2) is 8.92. The first-order chi connectivity index (χ1) is 15.0. The highest BCUT2D eigenvalue weighted by molar-refractivity contribution is 6.04. The van der Waals surface area contributed by atoms with Crippen LogP contribution in [0.1, 0.15) is 28.9 Å². The van der Waals surface area contributed by atoms with Gasteiger partial charge in [-0.2, -0.15) is 0 Å². The van der Waals surface area contributed by atoms with E-state index in [-0.39, 0.29) is 24.5 Å². The molecule has 0 saturated heterocycles. The van der Waals surface area contributed by atoms with Gasteiger partial charge in [-0.3, -0.25) is 9.59 Å².